The number of carbonyl (C=O) groups is 1. The van der Waals surface area contributed by atoms with Gasteiger partial charge in [0.2, 0.25) is 0 Å². The highest BCUT2D eigenvalue weighted by Gasteiger charge is 2.28. The molecule has 5 rings (SSSR count). The molecule has 1 amide bonds. The van der Waals surface area contributed by atoms with Crippen LogP contribution in [-0.4, -0.2) is 48.9 Å². The first-order valence-electron chi connectivity index (χ1n) is 10.5. The van der Waals surface area contributed by atoms with Crippen LogP contribution in [0.5, 0.6) is 0 Å². The lowest BCUT2D eigenvalue weighted by molar-refractivity contribution is 0.0704. The zero-order chi connectivity index (χ0) is 22.1. The van der Waals surface area contributed by atoms with E-state index in [2.05, 4.69) is 15.3 Å². The van der Waals surface area contributed by atoms with Gasteiger partial charge in [-0.25, -0.2) is 9.67 Å². The summed E-state index contributed by atoms with van der Waals surface area (Å²) in [7, 11) is 0. The minimum Gasteiger partial charge on any atom is -0.338 e. The van der Waals surface area contributed by atoms with Gasteiger partial charge in [0, 0.05) is 29.6 Å². The Balaban J connectivity index is 1.43. The Hall–Kier alpha value is -3.52. The molecular weight excluding hydrogens is 428 g/mol. The fourth-order valence-electron chi connectivity index (χ4n) is 4.09. The number of fused-ring (bicyclic) bond motifs is 1. The second-order valence-electron chi connectivity index (χ2n) is 7.95. The molecule has 2 aromatic heterocycles. The number of amides is 1. The lowest BCUT2D eigenvalue weighted by atomic mass is 9.96. The Morgan fingerprint density at radius 3 is 2.69 bits per heavy atom. The number of nitrogens with one attached hydrogen (secondary N) is 1. The first-order valence-corrected chi connectivity index (χ1v) is 10.9. The van der Waals surface area contributed by atoms with E-state index in [0.29, 0.717) is 41.7 Å². The van der Waals surface area contributed by atoms with Crippen molar-refractivity contribution in [2.75, 3.05) is 13.1 Å². The van der Waals surface area contributed by atoms with E-state index in [-0.39, 0.29) is 22.9 Å². The molecule has 1 aliphatic rings. The molecule has 0 unspecified atom stereocenters. The van der Waals surface area contributed by atoms with Gasteiger partial charge < -0.3 is 9.88 Å². The summed E-state index contributed by atoms with van der Waals surface area (Å²) in [6.45, 7) is 1.61. The van der Waals surface area contributed by atoms with Crippen LogP contribution < -0.4 is 5.56 Å². The van der Waals surface area contributed by atoms with E-state index in [1.54, 1.807) is 4.68 Å². The Labute approximate surface area is 188 Å². The number of hydrogen-bond donors (Lipinski definition) is 1. The zero-order valence-corrected chi connectivity index (χ0v) is 18.0. The normalized spacial score (nSPS) is 16.4. The van der Waals surface area contributed by atoms with Crippen molar-refractivity contribution in [3.8, 4) is 0 Å². The molecule has 1 fully saturated rings. The summed E-state index contributed by atoms with van der Waals surface area (Å²) in [5, 5.41) is 8.80. The third kappa shape index (κ3) is 4.01. The van der Waals surface area contributed by atoms with Crippen molar-refractivity contribution < 1.29 is 4.79 Å². The van der Waals surface area contributed by atoms with Gasteiger partial charge in [0.25, 0.3) is 11.5 Å². The van der Waals surface area contributed by atoms with E-state index in [4.69, 9.17) is 16.6 Å². The standard InChI is InChI=1S/C23H21ClN6O2/c24-18-10-8-15(9-11-18)13-30-21-19(27-28-30)22(31)26-20(25-21)17-7-4-12-29(14-17)23(32)16-5-2-1-3-6-16/h1-3,5-6,8-11,17H,4,7,12-14H2,(H,25,26,31)/t17-/m0/s1. The summed E-state index contributed by atoms with van der Waals surface area (Å²) in [5.41, 5.74) is 1.96. The number of hydrogen-bond acceptors (Lipinski definition) is 5. The van der Waals surface area contributed by atoms with Crippen molar-refractivity contribution in [3.05, 3.63) is 86.9 Å². The van der Waals surface area contributed by atoms with E-state index >= 15 is 0 Å². The molecular formula is C23H21ClN6O2. The molecule has 1 N–H and O–H groups in total. The molecule has 0 saturated carbocycles. The van der Waals surface area contributed by atoms with Gasteiger partial charge in [0.1, 0.15) is 5.82 Å². The number of rotatable bonds is 4. The van der Waals surface area contributed by atoms with E-state index in [0.717, 1.165) is 18.4 Å². The summed E-state index contributed by atoms with van der Waals surface area (Å²) in [5.74, 6) is 0.494. The fourth-order valence-corrected chi connectivity index (χ4v) is 4.22. The van der Waals surface area contributed by atoms with E-state index in [9.17, 15) is 9.59 Å². The van der Waals surface area contributed by atoms with Gasteiger partial charge in [-0.1, -0.05) is 47.1 Å². The summed E-state index contributed by atoms with van der Waals surface area (Å²) < 4.78 is 1.62. The molecule has 8 nitrogen and oxygen atoms in total. The van der Waals surface area contributed by atoms with Crippen LogP contribution in [0.4, 0.5) is 0 Å². The van der Waals surface area contributed by atoms with Crippen molar-refractivity contribution in [3.63, 3.8) is 0 Å². The Morgan fingerprint density at radius 1 is 1.12 bits per heavy atom. The second kappa shape index (κ2) is 8.55. The molecule has 0 bridgehead atoms. The van der Waals surface area contributed by atoms with Crippen LogP contribution in [0.1, 0.15) is 40.5 Å². The molecule has 0 aliphatic carbocycles. The largest absolute Gasteiger partial charge is 0.338 e. The number of aromatic amines is 1. The van der Waals surface area contributed by atoms with Crippen LogP contribution in [0.2, 0.25) is 5.02 Å². The number of benzene rings is 2. The predicted molar refractivity (Wildman–Crippen MR) is 121 cm³/mol. The third-order valence-corrected chi connectivity index (χ3v) is 6.01. The zero-order valence-electron chi connectivity index (χ0n) is 17.2. The number of carbonyl (C=O) groups excluding carboxylic acids is 1. The lowest BCUT2D eigenvalue weighted by Crippen LogP contribution is -2.39. The summed E-state index contributed by atoms with van der Waals surface area (Å²) in [4.78, 5) is 35.0. The van der Waals surface area contributed by atoms with Gasteiger partial charge in [0.15, 0.2) is 11.2 Å². The van der Waals surface area contributed by atoms with Crippen LogP contribution >= 0.6 is 11.6 Å². The fraction of sp³-hybridized carbons (Fsp3) is 0.261. The maximum atomic E-state index is 12.9. The number of H-pyrrole nitrogens is 1. The highest BCUT2D eigenvalue weighted by atomic mass is 35.5. The van der Waals surface area contributed by atoms with E-state index in [1.165, 1.54) is 0 Å². The average molecular weight is 449 g/mol. The topological polar surface area (TPSA) is 96.8 Å². The maximum absolute atomic E-state index is 12.9. The Bertz CT molecular complexity index is 1320. The second-order valence-corrected chi connectivity index (χ2v) is 8.39. The number of piperidine rings is 1. The summed E-state index contributed by atoms with van der Waals surface area (Å²) >= 11 is 5.97. The van der Waals surface area contributed by atoms with Crippen LogP contribution in [0.25, 0.3) is 11.2 Å². The molecule has 0 radical (unpaired) electrons. The molecule has 32 heavy (non-hydrogen) atoms. The number of likely N-dealkylation sites (tertiary alicyclic amines) is 1. The molecule has 3 heterocycles. The molecule has 4 aromatic rings. The smallest absolute Gasteiger partial charge is 0.281 e. The van der Waals surface area contributed by atoms with E-state index < -0.39 is 0 Å². The highest BCUT2D eigenvalue weighted by molar-refractivity contribution is 6.30. The Morgan fingerprint density at radius 2 is 1.91 bits per heavy atom. The highest BCUT2D eigenvalue weighted by Crippen LogP contribution is 2.26. The number of nitrogens with zero attached hydrogens (tertiary/aromatic N) is 5. The first kappa shape index (κ1) is 20.4. The molecule has 0 spiro atoms. The van der Waals surface area contributed by atoms with Crippen molar-refractivity contribution in [1.29, 1.82) is 0 Å². The van der Waals surface area contributed by atoms with Gasteiger partial charge in [-0.2, -0.15) is 0 Å². The molecule has 2 aromatic carbocycles. The minimum absolute atomic E-state index is 0.00632. The monoisotopic (exact) mass is 448 g/mol. The quantitative estimate of drug-likeness (QED) is 0.517. The van der Waals surface area contributed by atoms with Gasteiger partial charge in [-0.05, 0) is 42.7 Å². The maximum Gasteiger partial charge on any atom is 0.281 e. The first-order chi connectivity index (χ1) is 15.6. The van der Waals surface area contributed by atoms with E-state index in [1.807, 2.05) is 59.5 Å². The minimum atomic E-state index is -0.320. The molecule has 1 aliphatic heterocycles. The van der Waals surface area contributed by atoms with Crippen LogP contribution in [0.3, 0.4) is 0 Å². The Kier molecular flexibility index (Phi) is 5.45. The molecule has 9 heteroatoms. The van der Waals surface area contributed by atoms with Gasteiger partial charge >= 0.3 is 0 Å². The van der Waals surface area contributed by atoms with Crippen LogP contribution in [-0.2, 0) is 6.54 Å². The van der Waals surface area contributed by atoms with Crippen LogP contribution in [0, 0.1) is 0 Å². The van der Waals surface area contributed by atoms with Gasteiger partial charge in [0.05, 0.1) is 6.54 Å². The predicted octanol–water partition coefficient (Wildman–Crippen LogP) is 3.24. The van der Waals surface area contributed by atoms with Crippen molar-refractivity contribution in [2.45, 2.75) is 25.3 Å². The van der Waals surface area contributed by atoms with Crippen molar-refractivity contribution in [2.24, 2.45) is 0 Å². The third-order valence-electron chi connectivity index (χ3n) is 5.75. The number of halogens is 1. The molecule has 162 valence electrons. The lowest BCUT2D eigenvalue weighted by Gasteiger charge is -2.32. The summed E-state index contributed by atoms with van der Waals surface area (Å²) in [6.07, 6.45) is 1.68. The summed E-state index contributed by atoms with van der Waals surface area (Å²) in [6, 6.07) is 16.7. The van der Waals surface area contributed by atoms with Crippen LogP contribution in [0.15, 0.2) is 59.4 Å². The van der Waals surface area contributed by atoms with Crippen molar-refractivity contribution in [1.82, 2.24) is 29.9 Å². The SMILES string of the molecule is O=C(c1ccccc1)N1CCC[C@H](c2nc3c(nnn3Cc3ccc(Cl)cc3)c(=O)[nH]2)C1. The molecule has 1 atom stereocenters. The average Bonchev–Trinajstić information content (AvgIpc) is 3.24. The van der Waals surface area contributed by atoms with Gasteiger partial charge in [-0.3, -0.25) is 9.59 Å². The molecule has 1 saturated heterocycles. The number of aromatic nitrogens is 5. The van der Waals surface area contributed by atoms with Gasteiger partial charge in [-0.15, -0.1) is 5.10 Å². The van der Waals surface area contributed by atoms with Crippen molar-refractivity contribution >= 4 is 28.7 Å².